The van der Waals surface area contributed by atoms with Gasteiger partial charge in [-0.15, -0.1) is 11.3 Å². The standard InChI is InChI=1S/C26H24N4O2S2/c1-3-31-20-12-7-9-18(15-20)16-30-17(2)22(23(27-26(30)33)19-10-5-4-6-11-19)25-28-24(29-32-25)21-13-8-14-34-21/h4-15,23H,3,16H2,1-2H3,(H,27,33). The quantitative estimate of drug-likeness (QED) is 0.317. The maximum absolute atomic E-state index is 5.82. The lowest BCUT2D eigenvalue weighted by Crippen LogP contribution is -2.45. The van der Waals surface area contributed by atoms with Crippen LogP contribution in [0, 0.1) is 0 Å². The van der Waals surface area contributed by atoms with E-state index in [4.69, 9.17) is 26.5 Å². The molecule has 0 fully saturated rings. The first-order valence-electron chi connectivity index (χ1n) is 11.1. The minimum Gasteiger partial charge on any atom is -0.494 e. The molecule has 0 bridgehead atoms. The molecule has 34 heavy (non-hydrogen) atoms. The van der Waals surface area contributed by atoms with E-state index >= 15 is 0 Å². The van der Waals surface area contributed by atoms with Crippen LogP contribution < -0.4 is 10.1 Å². The largest absolute Gasteiger partial charge is 0.494 e. The molecule has 172 valence electrons. The van der Waals surface area contributed by atoms with Gasteiger partial charge in [0, 0.05) is 5.70 Å². The van der Waals surface area contributed by atoms with Crippen LogP contribution in [0.4, 0.5) is 0 Å². The van der Waals surface area contributed by atoms with Crippen molar-refractivity contribution in [3.05, 3.63) is 94.8 Å². The van der Waals surface area contributed by atoms with Gasteiger partial charge in [-0.1, -0.05) is 53.7 Å². The topological polar surface area (TPSA) is 63.4 Å². The molecule has 3 heterocycles. The number of ether oxygens (including phenoxy) is 1. The highest BCUT2D eigenvalue weighted by Crippen LogP contribution is 2.38. The number of benzene rings is 2. The fourth-order valence-corrected chi connectivity index (χ4v) is 5.03. The second kappa shape index (κ2) is 9.79. The van der Waals surface area contributed by atoms with Crippen molar-refractivity contribution in [2.24, 2.45) is 0 Å². The first-order valence-corrected chi connectivity index (χ1v) is 12.4. The van der Waals surface area contributed by atoms with Gasteiger partial charge >= 0.3 is 0 Å². The highest BCUT2D eigenvalue weighted by Gasteiger charge is 2.34. The normalized spacial score (nSPS) is 16.0. The maximum Gasteiger partial charge on any atom is 0.258 e. The molecule has 1 N–H and O–H groups in total. The molecule has 1 atom stereocenters. The molecule has 2 aromatic heterocycles. The van der Waals surface area contributed by atoms with Crippen LogP contribution in [-0.4, -0.2) is 26.8 Å². The van der Waals surface area contributed by atoms with E-state index in [-0.39, 0.29) is 6.04 Å². The van der Waals surface area contributed by atoms with E-state index in [2.05, 4.69) is 40.5 Å². The van der Waals surface area contributed by atoms with Gasteiger partial charge in [0.25, 0.3) is 5.89 Å². The molecule has 8 heteroatoms. The van der Waals surface area contributed by atoms with Crippen LogP contribution in [0.5, 0.6) is 5.75 Å². The number of thiocarbonyl (C=S) groups is 1. The van der Waals surface area contributed by atoms with Crippen molar-refractivity contribution in [1.82, 2.24) is 20.4 Å². The Bertz CT molecular complexity index is 1320. The van der Waals surface area contributed by atoms with Gasteiger partial charge in [-0.2, -0.15) is 4.98 Å². The summed E-state index contributed by atoms with van der Waals surface area (Å²) in [7, 11) is 0. The van der Waals surface area contributed by atoms with Crippen molar-refractivity contribution in [2.45, 2.75) is 26.4 Å². The van der Waals surface area contributed by atoms with Crippen molar-refractivity contribution >= 4 is 34.2 Å². The predicted octanol–water partition coefficient (Wildman–Crippen LogP) is 6.06. The van der Waals surface area contributed by atoms with E-state index in [1.54, 1.807) is 11.3 Å². The summed E-state index contributed by atoms with van der Waals surface area (Å²) in [4.78, 5) is 7.79. The smallest absolute Gasteiger partial charge is 0.258 e. The Morgan fingerprint density at radius 3 is 2.74 bits per heavy atom. The minimum atomic E-state index is -0.198. The molecule has 5 rings (SSSR count). The lowest BCUT2D eigenvalue weighted by molar-refractivity contribution is 0.339. The van der Waals surface area contributed by atoms with Crippen LogP contribution in [0.25, 0.3) is 16.3 Å². The lowest BCUT2D eigenvalue weighted by atomic mass is 9.94. The Labute approximate surface area is 207 Å². The zero-order valence-corrected chi connectivity index (χ0v) is 20.5. The van der Waals surface area contributed by atoms with Crippen LogP contribution >= 0.6 is 23.6 Å². The number of allylic oxidation sites excluding steroid dienone is 1. The third-order valence-electron chi connectivity index (χ3n) is 5.68. The Morgan fingerprint density at radius 2 is 1.97 bits per heavy atom. The average molecular weight is 489 g/mol. The number of hydrogen-bond acceptors (Lipinski definition) is 6. The van der Waals surface area contributed by atoms with Gasteiger partial charge < -0.3 is 19.5 Å². The number of rotatable bonds is 7. The molecular formula is C26H24N4O2S2. The van der Waals surface area contributed by atoms with Gasteiger partial charge in [-0.05, 0) is 60.8 Å². The van der Waals surface area contributed by atoms with Crippen molar-refractivity contribution in [2.75, 3.05) is 6.61 Å². The summed E-state index contributed by atoms with van der Waals surface area (Å²) in [5.41, 5.74) is 4.06. The summed E-state index contributed by atoms with van der Waals surface area (Å²) < 4.78 is 11.5. The molecule has 2 aromatic carbocycles. The summed E-state index contributed by atoms with van der Waals surface area (Å²) in [6.07, 6.45) is 0. The monoisotopic (exact) mass is 488 g/mol. The van der Waals surface area contributed by atoms with E-state index < -0.39 is 0 Å². The van der Waals surface area contributed by atoms with Gasteiger partial charge in [0.1, 0.15) is 5.75 Å². The summed E-state index contributed by atoms with van der Waals surface area (Å²) in [6, 6.07) is 22.0. The average Bonchev–Trinajstić information content (AvgIpc) is 3.55. The zero-order chi connectivity index (χ0) is 23.5. The number of nitrogens with one attached hydrogen (secondary N) is 1. The summed E-state index contributed by atoms with van der Waals surface area (Å²) in [6.45, 7) is 5.25. The molecule has 1 aliphatic rings. The molecule has 0 saturated carbocycles. The molecule has 0 amide bonds. The SMILES string of the molecule is CCOc1cccc(CN2C(=S)NC(c3ccccc3)C(c3nc(-c4cccs4)no3)=C2C)c1. The number of hydrogen-bond donors (Lipinski definition) is 1. The van der Waals surface area contributed by atoms with Gasteiger partial charge in [0.15, 0.2) is 5.11 Å². The lowest BCUT2D eigenvalue weighted by Gasteiger charge is -2.37. The number of aromatic nitrogens is 2. The predicted molar refractivity (Wildman–Crippen MR) is 138 cm³/mol. The highest BCUT2D eigenvalue weighted by atomic mass is 32.1. The summed E-state index contributed by atoms with van der Waals surface area (Å²) >= 11 is 7.40. The Hall–Kier alpha value is -3.49. The fraction of sp³-hybridized carbons (Fsp3) is 0.192. The molecule has 6 nitrogen and oxygen atoms in total. The second-order valence-electron chi connectivity index (χ2n) is 7.86. The second-order valence-corrected chi connectivity index (χ2v) is 9.19. The third kappa shape index (κ3) is 4.47. The Morgan fingerprint density at radius 1 is 1.12 bits per heavy atom. The molecule has 0 aliphatic carbocycles. The molecule has 0 radical (unpaired) electrons. The van der Waals surface area contributed by atoms with Crippen molar-refractivity contribution in [3.8, 4) is 16.5 Å². The Balaban J connectivity index is 1.56. The summed E-state index contributed by atoms with van der Waals surface area (Å²) in [5.74, 6) is 1.91. The van der Waals surface area contributed by atoms with Crippen molar-refractivity contribution in [1.29, 1.82) is 0 Å². The highest BCUT2D eigenvalue weighted by molar-refractivity contribution is 7.80. The van der Waals surface area contributed by atoms with Crippen LogP contribution in [0.1, 0.15) is 36.9 Å². The van der Waals surface area contributed by atoms with Crippen LogP contribution in [-0.2, 0) is 6.54 Å². The number of thiophene rings is 1. The molecular weight excluding hydrogens is 464 g/mol. The van der Waals surface area contributed by atoms with Crippen molar-refractivity contribution < 1.29 is 9.26 Å². The maximum atomic E-state index is 5.82. The third-order valence-corrected chi connectivity index (χ3v) is 6.88. The molecule has 1 unspecified atom stereocenters. The number of nitrogens with zero attached hydrogens (tertiary/aromatic N) is 3. The fourth-order valence-electron chi connectivity index (χ4n) is 4.07. The van der Waals surface area contributed by atoms with Gasteiger partial charge in [0.2, 0.25) is 5.82 Å². The van der Waals surface area contributed by atoms with E-state index in [0.29, 0.717) is 30.0 Å². The van der Waals surface area contributed by atoms with Crippen molar-refractivity contribution in [3.63, 3.8) is 0 Å². The minimum absolute atomic E-state index is 0.198. The molecule has 4 aromatic rings. The van der Waals surface area contributed by atoms with Crippen LogP contribution in [0.2, 0.25) is 0 Å². The summed E-state index contributed by atoms with van der Waals surface area (Å²) in [5, 5.41) is 10.4. The van der Waals surface area contributed by atoms with Crippen LogP contribution in [0.15, 0.2) is 82.3 Å². The van der Waals surface area contributed by atoms with E-state index in [1.165, 1.54) is 0 Å². The Kier molecular flexibility index (Phi) is 6.42. The zero-order valence-electron chi connectivity index (χ0n) is 18.9. The van der Waals surface area contributed by atoms with E-state index in [1.807, 2.05) is 60.8 Å². The van der Waals surface area contributed by atoms with E-state index in [9.17, 15) is 0 Å². The molecule has 1 aliphatic heterocycles. The van der Waals surface area contributed by atoms with E-state index in [0.717, 1.165) is 33.0 Å². The van der Waals surface area contributed by atoms with Crippen LogP contribution in [0.3, 0.4) is 0 Å². The van der Waals surface area contributed by atoms with Gasteiger partial charge in [-0.25, -0.2) is 0 Å². The van der Waals surface area contributed by atoms with Gasteiger partial charge in [0.05, 0.1) is 29.6 Å². The molecule has 0 spiro atoms. The first kappa shape index (κ1) is 22.3. The van der Waals surface area contributed by atoms with Gasteiger partial charge in [-0.3, -0.25) is 0 Å². The molecule has 0 saturated heterocycles. The first-order chi connectivity index (χ1) is 16.6.